The summed E-state index contributed by atoms with van der Waals surface area (Å²) in [6.07, 6.45) is 3.38. The Labute approximate surface area is 142 Å². The van der Waals surface area contributed by atoms with Crippen molar-refractivity contribution in [2.75, 3.05) is 19.4 Å². The second-order valence-electron chi connectivity index (χ2n) is 5.27. The van der Waals surface area contributed by atoms with Crippen LogP contribution in [-0.4, -0.2) is 34.9 Å². The van der Waals surface area contributed by atoms with Crippen LogP contribution in [0.15, 0.2) is 42.7 Å². The fraction of sp³-hybridized carbons (Fsp3) is 0.188. The number of pyridine rings is 1. The van der Waals surface area contributed by atoms with Gasteiger partial charge in [-0.25, -0.2) is 4.98 Å². The fourth-order valence-electron chi connectivity index (χ4n) is 2.35. The highest BCUT2D eigenvalue weighted by molar-refractivity contribution is 7.22. The van der Waals surface area contributed by atoms with Crippen molar-refractivity contribution < 1.29 is 4.79 Å². The van der Waals surface area contributed by atoms with Crippen LogP contribution in [0.1, 0.15) is 11.6 Å². The second kappa shape index (κ2) is 6.62. The molecule has 1 atom stereocenters. The minimum absolute atomic E-state index is 0.145. The number of rotatable bonds is 4. The lowest BCUT2D eigenvalue weighted by molar-refractivity contribution is -0.120. The van der Waals surface area contributed by atoms with Crippen molar-refractivity contribution in [3.63, 3.8) is 0 Å². The molecule has 7 heteroatoms. The molecule has 2 heterocycles. The molecule has 2 aromatic heterocycles. The van der Waals surface area contributed by atoms with Crippen LogP contribution < -0.4 is 5.32 Å². The first kappa shape index (κ1) is 15.9. The van der Waals surface area contributed by atoms with Crippen LogP contribution >= 0.6 is 22.9 Å². The zero-order chi connectivity index (χ0) is 16.4. The maximum absolute atomic E-state index is 12.7. The third kappa shape index (κ3) is 3.50. The molecule has 1 N–H and O–H groups in total. The summed E-state index contributed by atoms with van der Waals surface area (Å²) in [6, 6.07) is 8.74. The molecular weight excluding hydrogens is 332 g/mol. The van der Waals surface area contributed by atoms with Gasteiger partial charge in [-0.2, -0.15) is 0 Å². The summed E-state index contributed by atoms with van der Waals surface area (Å²) in [5.74, 6) is -0.145. The Morgan fingerprint density at radius 1 is 1.35 bits per heavy atom. The van der Waals surface area contributed by atoms with Gasteiger partial charge in [0.15, 0.2) is 5.13 Å². The van der Waals surface area contributed by atoms with Gasteiger partial charge in [0.25, 0.3) is 0 Å². The van der Waals surface area contributed by atoms with Gasteiger partial charge < -0.3 is 5.32 Å². The van der Waals surface area contributed by atoms with Crippen LogP contribution in [0.25, 0.3) is 10.2 Å². The van der Waals surface area contributed by atoms with E-state index in [9.17, 15) is 4.79 Å². The van der Waals surface area contributed by atoms with Crippen molar-refractivity contribution in [1.82, 2.24) is 14.9 Å². The third-order valence-electron chi connectivity index (χ3n) is 3.35. The standard InChI is InChI=1S/C16H15ClN4OS/c1-21(2)14(10-4-3-7-18-9-10)15(22)20-16-19-12-6-5-11(17)8-13(12)23-16/h3-9,14H,1-2H3,(H,19,20,22). The molecule has 1 aromatic carbocycles. The van der Waals surface area contributed by atoms with Crippen LogP contribution in [0.2, 0.25) is 5.02 Å². The van der Waals surface area contributed by atoms with E-state index in [-0.39, 0.29) is 5.91 Å². The Bertz CT molecular complexity index is 834. The number of fused-ring (bicyclic) bond motifs is 1. The number of anilines is 1. The van der Waals surface area contributed by atoms with Gasteiger partial charge in [-0.3, -0.25) is 14.7 Å². The zero-order valence-corrected chi connectivity index (χ0v) is 14.2. The molecule has 3 rings (SSSR count). The first-order valence-corrected chi connectivity index (χ1v) is 8.17. The number of hydrogen-bond acceptors (Lipinski definition) is 5. The normalized spacial score (nSPS) is 12.5. The predicted molar refractivity (Wildman–Crippen MR) is 93.9 cm³/mol. The summed E-state index contributed by atoms with van der Waals surface area (Å²) in [4.78, 5) is 23.0. The number of nitrogens with one attached hydrogen (secondary N) is 1. The highest BCUT2D eigenvalue weighted by Crippen LogP contribution is 2.29. The minimum atomic E-state index is -0.431. The van der Waals surface area contributed by atoms with E-state index in [0.717, 1.165) is 15.8 Å². The Balaban J connectivity index is 1.86. The van der Waals surface area contributed by atoms with Gasteiger partial charge in [-0.15, -0.1) is 0 Å². The fourth-order valence-corrected chi connectivity index (χ4v) is 3.49. The van der Waals surface area contributed by atoms with E-state index in [0.29, 0.717) is 10.2 Å². The quantitative estimate of drug-likeness (QED) is 0.784. The summed E-state index contributed by atoms with van der Waals surface area (Å²) in [5, 5.41) is 4.10. The van der Waals surface area contributed by atoms with E-state index < -0.39 is 6.04 Å². The summed E-state index contributed by atoms with van der Waals surface area (Å²) < 4.78 is 0.940. The number of carbonyl (C=O) groups excluding carboxylic acids is 1. The summed E-state index contributed by atoms with van der Waals surface area (Å²) >= 11 is 7.39. The van der Waals surface area contributed by atoms with Crippen LogP contribution in [-0.2, 0) is 4.79 Å². The Morgan fingerprint density at radius 2 is 2.17 bits per heavy atom. The maximum atomic E-state index is 12.7. The molecule has 0 fully saturated rings. The minimum Gasteiger partial charge on any atom is -0.300 e. The number of halogens is 1. The van der Waals surface area contributed by atoms with E-state index in [2.05, 4.69) is 15.3 Å². The second-order valence-corrected chi connectivity index (χ2v) is 6.74. The lowest BCUT2D eigenvalue weighted by Crippen LogP contribution is -2.32. The molecule has 0 aliphatic carbocycles. The average Bonchev–Trinajstić information content (AvgIpc) is 2.89. The molecule has 5 nitrogen and oxygen atoms in total. The van der Waals surface area contributed by atoms with Gasteiger partial charge in [-0.1, -0.05) is 29.0 Å². The van der Waals surface area contributed by atoms with E-state index in [4.69, 9.17) is 11.6 Å². The Morgan fingerprint density at radius 3 is 2.87 bits per heavy atom. The van der Waals surface area contributed by atoms with Crippen molar-refractivity contribution in [2.45, 2.75) is 6.04 Å². The van der Waals surface area contributed by atoms with E-state index in [1.54, 1.807) is 18.5 Å². The van der Waals surface area contributed by atoms with Gasteiger partial charge in [0, 0.05) is 17.4 Å². The van der Waals surface area contributed by atoms with Gasteiger partial charge in [0.05, 0.1) is 10.2 Å². The van der Waals surface area contributed by atoms with Gasteiger partial charge in [0.1, 0.15) is 6.04 Å². The SMILES string of the molecule is CN(C)C(C(=O)Nc1nc2ccc(Cl)cc2s1)c1cccnc1. The summed E-state index contributed by atoms with van der Waals surface area (Å²) in [6.45, 7) is 0. The number of carbonyl (C=O) groups is 1. The molecule has 23 heavy (non-hydrogen) atoms. The predicted octanol–water partition coefficient (Wildman–Crippen LogP) is 3.59. The van der Waals surface area contributed by atoms with Crippen molar-refractivity contribution in [2.24, 2.45) is 0 Å². The number of benzene rings is 1. The molecule has 0 saturated heterocycles. The van der Waals surface area contributed by atoms with E-state index in [1.165, 1.54) is 11.3 Å². The van der Waals surface area contributed by atoms with Crippen molar-refractivity contribution in [3.05, 3.63) is 53.3 Å². The smallest absolute Gasteiger partial charge is 0.248 e. The molecule has 3 aromatic rings. The third-order valence-corrected chi connectivity index (χ3v) is 4.51. The van der Waals surface area contributed by atoms with Crippen molar-refractivity contribution in [1.29, 1.82) is 0 Å². The molecule has 1 unspecified atom stereocenters. The number of likely N-dealkylation sites (N-methyl/N-ethyl adjacent to an activating group) is 1. The number of nitrogens with zero attached hydrogens (tertiary/aromatic N) is 3. The lowest BCUT2D eigenvalue weighted by atomic mass is 10.1. The topological polar surface area (TPSA) is 58.1 Å². The van der Waals surface area contributed by atoms with E-state index in [1.807, 2.05) is 43.3 Å². The van der Waals surface area contributed by atoms with Crippen molar-refractivity contribution in [3.8, 4) is 0 Å². The molecule has 1 amide bonds. The summed E-state index contributed by atoms with van der Waals surface area (Å²) in [7, 11) is 3.71. The van der Waals surface area contributed by atoms with E-state index >= 15 is 0 Å². The first-order chi connectivity index (χ1) is 11.0. The highest BCUT2D eigenvalue weighted by atomic mass is 35.5. The number of thiazole rings is 1. The molecule has 0 saturated carbocycles. The molecule has 0 bridgehead atoms. The van der Waals surface area contributed by atoms with Gasteiger partial charge in [-0.05, 0) is 43.9 Å². The monoisotopic (exact) mass is 346 g/mol. The van der Waals surface area contributed by atoms with Crippen LogP contribution in [0.4, 0.5) is 5.13 Å². The van der Waals surface area contributed by atoms with Gasteiger partial charge >= 0.3 is 0 Å². The van der Waals surface area contributed by atoms with Gasteiger partial charge in [0.2, 0.25) is 5.91 Å². The molecule has 118 valence electrons. The molecular formula is C16H15ClN4OS. The summed E-state index contributed by atoms with van der Waals surface area (Å²) in [5.41, 5.74) is 1.65. The first-order valence-electron chi connectivity index (χ1n) is 6.98. The molecule has 0 spiro atoms. The lowest BCUT2D eigenvalue weighted by Gasteiger charge is -2.22. The maximum Gasteiger partial charge on any atom is 0.248 e. The highest BCUT2D eigenvalue weighted by Gasteiger charge is 2.24. The number of hydrogen-bond donors (Lipinski definition) is 1. The largest absolute Gasteiger partial charge is 0.300 e. The Hall–Kier alpha value is -2.02. The molecule has 0 aliphatic heterocycles. The number of aromatic nitrogens is 2. The van der Waals surface area contributed by atoms with Crippen molar-refractivity contribution >= 4 is 44.2 Å². The van der Waals surface area contributed by atoms with Crippen LogP contribution in [0.3, 0.4) is 0 Å². The average molecular weight is 347 g/mol. The number of amides is 1. The zero-order valence-electron chi connectivity index (χ0n) is 12.7. The Kier molecular flexibility index (Phi) is 4.56. The van der Waals surface area contributed by atoms with Crippen LogP contribution in [0.5, 0.6) is 0 Å². The molecule has 0 radical (unpaired) electrons. The van der Waals surface area contributed by atoms with Crippen LogP contribution in [0, 0.1) is 0 Å². The molecule has 0 aliphatic rings.